The highest BCUT2D eigenvalue weighted by Crippen LogP contribution is 2.37. The van der Waals surface area contributed by atoms with Crippen LogP contribution in [0.3, 0.4) is 0 Å². The van der Waals surface area contributed by atoms with Crippen LogP contribution in [0.15, 0.2) is 32.9 Å². The van der Waals surface area contributed by atoms with Crippen LogP contribution < -0.4 is 5.32 Å². The first-order chi connectivity index (χ1) is 10.0. The standard InChI is InChI=1S/C12H12BrN5O2S/c1-3-14-12-16-7(2)9(18(19)20)11(17-12)21-10-8(13)5-4-6-15-10/h4-6H,3H2,1-2H3,(H,14,16,17). The average Bonchev–Trinajstić information content (AvgIpc) is 2.41. The van der Waals surface area contributed by atoms with Crippen molar-refractivity contribution in [2.45, 2.75) is 23.9 Å². The van der Waals surface area contributed by atoms with E-state index in [2.05, 4.69) is 36.2 Å². The van der Waals surface area contributed by atoms with E-state index in [-0.39, 0.29) is 10.7 Å². The number of nitro groups is 1. The van der Waals surface area contributed by atoms with Crippen LogP contribution in [0, 0.1) is 17.0 Å². The molecular formula is C12H12BrN5O2S. The van der Waals surface area contributed by atoms with Gasteiger partial charge in [-0.3, -0.25) is 10.1 Å². The molecule has 0 saturated carbocycles. The maximum atomic E-state index is 11.2. The minimum Gasteiger partial charge on any atom is -0.354 e. The van der Waals surface area contributed by atoms with Gasteiger partial charge in [0.05, 0.1) is 9.40 Å². The number of aryl methyl sites for hydroxylation is 1. The lowest BCUT2D eigenvalue weighted by Crippen LogP contribution is -2.07. The summed E-state index contributed by atoms with van der Waals surface area (Å²) in [6.45, 7) is 4.13. The van der Waals surface area contributed by atoms with Crippen LogP contribution in [-0.4, -0.2) is 26.4 Å². The first-order valence-electron chi connectivity index (χ1n) is 6.08. The molecule has 2 heterocycles. The van der Waals surface area contributed by atoms with Crippen molar-refractivity contribution in [1.29, 1.82) is 0 Å². The summed E-state index contributed by atoms with van der Waals surface area (Å²) in [7, 11) is 0. The van der Waals surface area contributed by atoms with Gasteiger partial charge in [-0.05, 0) is 53.7 Å². The van der Waals surface area contributed by atoms with E-state index in [1.165, 1.54) is 0 Å². The van der Waals surface area contributed by atoms with Gasteiger partial charge in [-0.2, -0.15) is 4.98 Å². The third-order valence-electron chi connectivity index (χ3n) is 2.46. The van der Waals surface area contributed by atoms with E-state index >= 15 is 0 Å². The Bertz CT molecular complexity index is 683. The summed E-state index contributed by atoms with van der Waals surface area (Å²) in [4.78, 5) is 23.3. The molecule has 0 aromatic carbocycles. The molecule has 2 rings (SSSR count). The Kier molecular flexibility index (Phi) is 5.07. The molecule has 0 aliphatic rings. The Morgan fingerprint density at radius 2 is 2.19 bits per heavy atom. The van der Waals surface area contributed by atoms with Gasteiger partial charge in [0, 0.05) is 12.7 Å². The number of nitrogens with one attached hydrogen (secondary N) is 1. The number of nitrogens with zero attached hydrogens (tertiary/aromatic N) is 4. The summed E-state index contributed by atoms with van der Waals surface area (Å²) in [5.41, 5.74) is 0.222. The van der Waals surface area contributed by atoms with Crippen molar-refractivity contribution < 1.29 is 4.92 Å². The normalized spacial score (nSPS) is 10.4. The Labute approximate surface area is 133 Å². The lowest BCUT2D eigenvalue weighted by Gasteiger charge is -2.08. The summed E-state index contributed by atoms with van der Waals surface area (Å²) < 4.78 is 0.755. The number of pyridine rings is 1. The van der Waals surface area contributed by atoms with Gasteiger partial charge < -0.3 is 5.32 Å². The molecular weight excluding hydrogens is 358 g/mol. The maximum absolute atomic E-state index is 11.2. The topological polar surface area (TPSA) is 93.8 Å². The zero-order chi connectivity index (χ0) is 15.4. The van der Waals surface area contributed by atoms with Gasteiger partial charge in [-0.1, -0.05) is 0 Å². The number of aromatic nitrogens is 3. The first kappa shape index (κ1) is 15.6. The minimum absolute atomic E-state index is 0.0980. The van der Waals surface area contributed by atoms with Crippen LogP contribution in [0.25, 0.3) is 0 Å². The zero-order valence-corrected chi connectivity index (χ0v) is 13.7. The molecule has 0 aliphatic carbocycles. The van der Waals surface area contributed by atoms with E-state index < -0.39 is 4.92 Å². The summed E-state index contributed by atoms with van der Waals surface area (Å²) in [6, 6.07) is 3.60. The van der Waals surface area contributed by atoms with Crippen molar-refractivity contribution in [3.8, 4) is 0 Å². The summed E-state index contributed by atoms with van der Waals surface area (Å²) in [5, 5.41) is 15.1. The molecule has 0 bridgehead atoms. The van der Waals surface area contributed by atoms with Gasteiger partial charge in [0.15, 0.2) is 5.03 Å². The molecule has 0 saturated heterocycles. The first-order valence-corrected chi connectivity index (χ1v) is 7.69. The molecule has 21 heavy (non-hydrogen) atoms. The fourth-order valence-corrected chi connectivity index (χ4v) is 3.01. The Morgan fingerprint density at radius 3 is 2.81 bits per heavy atom. The van der Waals surface area contributed by atoms with Crippen molar-refractivity contribution in [3.63, 3.8) is 0 Å². The van der Waals surface area contributed by atoms with Crippen LogP contribution in [0.2, 0.25) is 0 Å². The van der Waals surface area contributed by atoms with Crippen molar-refractivity contribution in [1.82, 2.24) is 15.0 Å². The lowest BCUT2D eigenvalue weighted by molar-refractivity contribution is -0.389. The van der Waals surface area contributed by atoms with E-state index in [0.717, 1.165) is 16.2 Å². The minimum atomic E-state index is -0.468. The molecule has 0 aliphatic heterocycles. The maximum Gasteiger partial charge on any atom is 0.322 e. The summed E-state index contributed by atoms with van der Waals surface area (Å²) >= 11 is 4.50. The van der Waals surface area contributed by atoms with Crippen LogP contribution in [0.4, 0.5) is 11.6 Å². The molecule has 0 fully saturated rings. The zero-order valence-electron chi connectivity index (χ0n) is 11.3. The van der Waals surface area contributed by atoms with Crippen molar-refractivity contribution in [2.24, 2.45) is 0 Å². The second-order valence-electron chi connectivity index (χ2n) is 3.97. The van der Waals surface area contributed by atoms with E-state index in [4.69, 9.17) is 0 Å². The van der Waals surface area contributed by atoms with E-state index in [9.17, 15) is 10.1 Å². The fraction of sp³-hybridized carbons (Fsp3) is 0.250. The molecule has 2 aromatic heterocycles. The second-order valence-corrected chi connectivity index (χ2v) is 5.80. The molecule has 0 atom stereocenters. The number of rotatable bonds is 5. The molecule has 9 heteroatoms. The monoisotopic (exact) mass is 369 g/mol. The van der Waals surface area contributed by atoms with E-state index in [0.29, 0.717) is 23.2 Å². The molecule has 0 spiro atoms. The quantitative estimate of drug-likeness (QED) is 0.489. The van der Waals surface area contributed by atoms with Gasteiger partial charge in [0.25, 0.3) is 0 Å². The van der Waals surface area contributed by atoms with Crippen molar-refractivity contribution >= 4 is 39.3 Å². The summed E-state index contributed by atoms with van der Waals surface area (Å²) in [6.07, 6.45) is 1.62. The highest BCUT2D eigenvalue weighted by molar-refractivity contribution is 9.10. The van der Waals surface area contributed by atoms with Crippen LogP contribution in [0.5, 0.6) is 0 Å². The van der Waals surface area contributed by atoms with Gasteiger partial charge in [-0.15, -0.1) is 0 Å². The van der Waals surface area contributed by atoms with Crippen LogP contribution in [-0.2, 0) is 0 Å². The highest BCUT2D eigenvalue weighted by Gasteiger charge is 2.23. The van der Waals surface area contributed by atoms with E-state index in [1.54, 1.807) is 19.2 Å². The third-order valence-corrected chi connectivity index (χ3v) is 4.36. The summed E-state index contributed by atoms with van der Waals surface area (Å²) in [5.74, 6) is 0.371. The van der Waals surface area contributed by atoms with Gasteiger partial charge >= 0.3 is 5.69 Å². The number of anilines is 1. The van der Waals surface area contributed by atoms with Crippen molar-refractivity contribution in [3.05, 3.63) is 38.6 Å². The Balaban J connectivity index is 2.49. The van der Waals surface area contributed by atoms with E-state index in [1.807, 2.05) is 13.0 Å². The smallest absolute Gasteiger partial charge is 0.322 e. The highest BCUT2D eigenvalue weighted by atomic mass is 79.9. The predicted molar refractivity (Wildman–Crippen MR) is 83.6 cm³/mol. The lowest BCUT2D eigenvalue weighted by atomic mass is 10.4. The third kappa shape index (κ3) is 3.67. The van der Waals surface area contributed by atoms with Crippen LogP contribution in [0.1, 0.15) is 12.6 Å². The molecule has 0 amide bonds. The van der Waals surface area contributed by atoms with Crippen molar-refractivity contribution in [2.75, 3.05) is 11.9 Å². The SMILES string of the molecule is CCNc1nc(C)c([N+](=O)[O-])c(Sc2ncccc2Br)n1. The molecule has 2 aromatic rings. The average molecular weight is 370 g/mol. The second kappa shape index (κ2) is 6.81. The number of hydrogen-bond donors (Lipinski definition) is 1. The van der Waals surface area contributed by atoms with Gasteiger partial charge in [0.2, 0.25) is 5.95 Å². The Morgan fingerprint density at radius 1 is 1.43 bits per heavy atom. The van der Waals surface area contributed by atoms with Crippen LogP contribution >= 0.6 is 27.7 Å². The fourth-order valence-electron chi connectivity index (χ4n) is 1.60. The molecule has 110 valence electrons. The molecule has 0 unspecified atom stereocenters. The van der Waals surface area contributed by atoms with Gasteiger partial charge in [-0.25, -0.2) is 9.97 Å². The predicted octanol–water partition coefficient (Wildman–Crippen LogP) is 3.43. The Hall–Kier alpha value is -1.74. The number of hydrogen-bond acceptors (Lipinski definition) is 7. The van der Waals surface area contributed by atoms with Gasteiger partial charge in [0.1, 0.15) is 10.7 Å². The molecule has 0 radical (unpaired) electrons. The molecule has 7 nitrogen and oxygen atoms in total. The number of halogens is 1. The molecule has 1 N–H and O–H groups in total. The largest absolute Gasteiger partial charge is 0.354 e.